The van der Waals surface area contributed by atoms with Crippen LogP contribution in [0, 0.1) is 0 Å². The highest BCUT2D eigenvalue weighted by molar-refractivity contribution is 9.09. The van der Waals surface area contributed by atoms with Crippen molar-refractivity contribution in [2.24, 2.45) is 0 Å². The molecule has 0 saturated carbocycles. The van der Waals surface area contributed by atoms with Gasteiger partial charge in [0.2, 0.25) is 10.6 Å². The number of hydrogen-bond donors (Lipinski definition) is 0. The van der Waals surface area contributed by atoms with Gasteiger partial charge in [-0.3, -0.25) is 4.79 Å². The first-order valence-corrected chi connectivity index (χ1v) is 7.82. The number of nitrogens with zero attached hydrogens (tertiary/aromatic N) is 1. The average Bonchev–Trinajstić information content (AvgIpc) is 2.43. The van der Waals surface area contributed by atoms with E-state index in [1.807, 2.05) is 30.3 Å². The molecule has 0 spiro atoms. The van der Waals surface area contributed by atoms with Gasteiger partial charge in [-0.15, -0.1) is 0 Å². The highest BCUT2D eigenvalue weighted by Crippen LogP contribution is 2.27. The zero-order valence-corrected chi connectivity index (χ0v) is 13.3. The van der Waals surface area contributed by atoms with Crippen LogP contribution in [0.4, 0.5) is 8.78 Å². The fourth-order valence-electron chi connectivity index (χ4n) is 1.61. The van der Waals surface area contributed by atoms with Crippen LogP contribution in [0.3, 0.4) is 0 Å². The first kappa shape index (κ1) is 16.0. The lowest BCUT2D eigenvalue weighted by Crippen LogP contribution is -2.09. The van der Waals surface area contributed by atoms with Crippen molar-refractivity contribution in [1.29, 1.82) is 0 Å². The molecule has 0 saturated heterocycles. The van der Waals surface area contributed by atoms with Crippen LogP contribution >= 0.6 is 27.3 Å². The molecule has 21 heavy (non-hydrogen) atoms. The van der Waals surface area contributed by atoms with E-state index in [9.17, 15) is 13.6 Å². The van der Waals surface area contributed by atoms with Crippen LogP contribution in [-0.4, -0.2) is 16.4 Å². The Labute approximate surface area is 132 Å². The zero-order chi connectivity index (χ0) is 15.3. The Morgan fingerprint density at radius 1 is 1.29 bits per heavy atom. The third-order valence-corrected chi connectivity index (χ3v) is 3.76. The van der Waals surface area contributed by atoms with Gasteiger partial charge in [0.25, 0.3) is 0 Å². The first-order chi connectivity index (χ1) is 9.94. The molecule has 0 aliphatic rings. The van der Waals surface area contributed by atoms with E-state index in [-0.39, 0.29) is 30.1 Å². The predicted molar refractivity (Wildman–Crippen MR) is 82.4 cm³/mol. The van der Waals surface area contributed by atoms with Crippen LogP contribution in [0.15, 0.2) is 41.2 Å². The summed E-state index contributed by atoms with van der Waals surface area (Å²) in [6.45, 7) is 0.0799. The average molecular weight is 376 g/mol. The third kappa shape index (κ3) is 5.51. The van der Waals surface area contributed by atoms with Gasteiger partial charge in [0.1, 0.15) is 5.01 Å². The van der Waals surface area contributed by atoms with Crippen molar-refractivity contribution in [2.75, 3.05) is 6.61 Å². The minimum Gasteiger partial charge on any atom is -0.478 e. The molecule has 1 aromatic heterocycles. The van der Waals surface area contributed by atoms with Crippen molar-refractivity contribution in [3.8, 4) is 16.5 Å². The van der Waals surface area contributed by atoms with Crippen molar-refractivity contribution in [1.82, 2.24) is 4.98 Å². The van der Waals surface area contributed by atoms with Crippen LogP contribution in [-0.2, 0) is 0 Å². The molecule has 2 rings (SSSR count). The number of alkyl halides is 3. The quantitative estimate of drug-likeness (QED) is 0.557. The third-order valence-electron chi connectivity index (χ3n) is 2.53. The molecule has 0 radical (unpaired) electrons. The second kappa shape index (κ2) is 7.09. The summed E-state index contributed by atoms with van der Waals surface area (Å²) >= 11 is 3.28. The molecule has 0 atom stereocenters. The lowest BCUT2D eigenvalue weighted by atomic mass is 10.2. The summed E-state index contributed by atoms with van der Waals surface area (Å²) in [5, 5.41) is 0.545. The Bertz CT molecular complexity index is 643. The van der Waals surface area contributed by atoms with Crippen molar-refractivity contribution in [3.63, 3.8) is 0 Å². The number of hydrogen-bond acceptors (Lipinski definition) is 4. The van der Waals surface area contributed by atoms with Crippen molar-refractivity contribution in [3.05, 3.63) is 45.9 Å². The summed E-state index contributed by atoms with van der Waals surface area (Å²) in [5.74, 6) is 0.162. The summed E-state index contributed by atoms with van der Waals surface area (Å²) in [6, 6.07) is 10.5. The molecule has 0 aliphatic carbocycles. The number of benzene rings is 1. The Morgan fingerprint density at radius 3 is 2.67 bits per heavy atom. The largest absolute Gasteiger partial charge is 0.478 e. The molecule has 0 unspecified atom stereocenters. The van der Waals surface area contributed by atoms with Gasteiger partial charge in [-0.25, -0.2) is 4.98 Å². The van der Waals surface area contributed by atoms with Crippen molar-refractivity contribution >= 4 is 27.3 Å². The molecular formula is C14H12BrF2NO2S. The van der Waals surface area contributed by atoms with E-state index in [1.54, 1.807) is 0 Å². The minimum atomic E-state index is -2.89. The van der Waals surface area contributed by atoms with Crippen LogP contribution < -0.4 is 9.48 Å². The van der Waals surface area contributed by atoms with E-state index >= 15 is 0 Å². The van der Waals surface area contributed by atoms with Gasteiger partial charge in [0.05, 0.1) is 12.7 Å². The van der Waals surface area contributed by atoms with E-state index in [2.05, 4.69) is 20.9 Å². The number of halogens is 3. The standard InChI is InChI=1S/C14H12BrF2NO2S/c15-14(16,17)7-4-8-20-11-9-12(19)21-13(18-11)10-5-2-1-3-6-10/h1-3,5-6,9H,4,7-8H2. The van der Waals surface area contributed by atoms with Gasteiger partial charge in [-0.2, -0.15) is 8.78 Å². The Morgan fingerprint density at radius 2 is 2.00 bits per heavy atom. The lowest BCUT2D eigenvalue weighted by molar-refractivity contribution is 0.0951. The van der Waals surface area contributed by atoms with E-state index in [0.717, 1.165) is 16.9 Å². The molecule has 3 nitrogen and oxygen atoms in total. The van der Waals surface area contributed by atoms with Crippen LogP contribution in [0.1, 0.15) is 12.8 Å². The lowest BCUT2D eigenvalue weighted by Gasteiger charge is -2.09. The smallest absolute Gasteiger partial charge is 0.301 e. The van der Waals surface area contributed by atoms with Gasteiger partial charge in [-0.1, -0.05) is 41.7 Å². The monoisotopic (exact) mass is 375 g/mol. The minimum absolute atomic E-state index is 0.0799. The maximum atomic E-state index is 12.6. The maximum absolute atomic E-state index is 12.6. The Balaban J connectivity index is 2.04. The van der Waals surface area contributed by atoms with Crippen molar-refractivity contribution in [2.45, 2.75) is 17.7 Å². The molecule has 0 fully saturated rings. The summed E-state index contributed by atoms with van der Waals surface area (Å²) < 4.78 is 30.3. The number of aromatic nitrogens is 1. The molecule has 0 bridgehead atoms. The second-order valence-electron chi connectivity index (χ2n) is 4.25. The second-order valence-corrected chi connectivity index (χ2v) is 6.41. The molecule has 1 aromatic carbocycles. The van der Waals surface area contributed by atoms with Crippen LogP contribution in [0.5, 0.6) is 5.88 Å². The Hall–Kier alpha value is -1.34. The summed E-state index contributed by atoms with van der Waals surface area (Å²) in [6.07, 6.45) is -0.175. The van der Waals surface area contributed by atoms with E-state index in [4.69, 9.17) is 4.74 Å². The number of ether oxygens (including phenoxy) is 1. The molecule has 0 aliphatic heterocycles. The fraction of sp³-hybridized carbons (Fsp3) is 0.286. The normalized spacial score (nSPS) is 11.4. The highest BCUT2D eigenvalue weighted by Gasteiger charge is 2.22. The SMILES string of the molecule is O=c1cc(OCCCC(F)(F)Br)nc(-c2ccccc2)s1. The molecule has 1 heterocycles. The van der Waals surface area contributed by atoms with Gasteiger partial charge in [0.15, 0.2) is 0 Å². The predicted octanol–water partition coefficient (Wildman–Crippen LogP) is 4.32. The van der Waals surface area contributed by atoms with Crippen molar-refractivity contribution < 1.29 is 13.5 Å². The summed E-state index contributed by atoms with van der Waals surface area (Å²) in [5.41, 5.74) is 0.817. The van der Waals surface area contributed by atoms with E-state index < -0.39 is 4.83 Å². The molecule has 0 N–H and O–H groups in total. The van der Waals surface area contributed by atoms with E-state index in [1.165, 1.54) is 6.07 Å². The molecule has 7 heteroatoms. The van der Waals surface area contributed by atoms with Crippen LogP contribution in [0.25, 0.3) is 10.6 Å². The fourth-order valence-corrected chi connectivity index (χ4v) is 2.63. The molecule has 112 valence electrons. The summed E-state index contributed by atoms with van der Waals surface area (Å²) in [7, 11) is 0. The molecule has 2 aromatic rings. The number of rotatable bonds is 6. The highest BCUT2D eigenvalue weighted by atomic mass is 79.9. The molecule has 0 amide bonds. The topological polar surface area (TPSA) is 39.2 Å². The van der Waals surface area contributed by atoms with Gasteiger partial charge in [-0.05, 0) is 22.4 Å². The molecular weight excluding hydrogens is 364 g/mol. The van der Waals surface area contributed by atoms with Gasteiger partial charge < -0.3 is 4.74 Å². The Kier molecular flexibility index (Phi) is 5.41. The van der Waals surface area contributed by atoms with Gasteiger partial charge >= 0.3 is 4.83 Å². The zero-order valence-electron chi connectivity index (χ0n) is 10.9. The summed E-state index contributed by atoms with van der Waals surface area (Å²) in [4.78, 5) is 13.0. The first-order valence-electron chi connectivity index (χ1n) is 6.21. The van der Waals surface area contributed by atoms with Gasteiger partial charge in [0, 0.05) is 12.0 Å². The van der Waals surface area contributed by atoms with Crippen LogP contribution in [0.2, 0.25) is 0 Å². The maximum Gasteiger partial charge on any atom is 0.301 e. The van der Waals surface area contributed by atoms with E-state index in [0.29, 0.717) is 5.01 Å².